The summed E-state index contributed by atoms with van der Waals surface area (Å²) < 4.78 is 12.7. The van der Waals surface area contributed by atoms with E-state index in [1.165, 1.54) is 19.0 Å². The fourth-order valence-corrected chi connectivity index (χ4v) is 7.58. The van der Waals surface area contributed by atoms with Crippen molar-refractivity contribution in [2.45, 2.75) is 19.6 Å². The molecule has 1 aromatic carbocycles. The van der Waals surface area contributed by atoms with E-state index in [-0.39, 0.29) is 16.9 Å². The molecule has 2 aliphatic rings. The summed E-state index contributed by atoms with van der Waals surface area (Å²) in [7, 11) is 6.58. The Labute approximate surface area is 213 Å². The van der Waals surface area contributed by atoms with Crippen LogP contribution in [0, 0.1) is 45.3 Å². The predicted molar refractivity (Wildman–Crippen MR) is 130 cm³/mol. The number of hydrogen-bond donors (Lipinski definition) is 0. The van der Waals surface area contributed by atoms with E-state index >= 15 is 0 Å². The minimum Gasteiger partial charge on any atom is -0.439 e. The van der Waals surface area contributed by atoms with E-state index in [2.05, 4.69) is 6.58 Å². The van der Waals surface area contributed by atoms with Crippen molar-refractivity contribution in [1.29, 1.82) is 21.0 Å². The fraction of sp³-hybridized carbons (Fsp3) is 0.190. The van der Waals surface area contributed by atoms with Gasteiger partial charge < -0.3 is 19.3 Å². The second-order valence-electron chi connectivity index (χ2n) is 6.81. The largest absolute Gasteiger partial charge is 0.439 e. The molecule has 0 fully saturated rings. The van der Waals surface area contributed by atoms with Crippen LogP contribution >= 0.6 is 47.0 Å². The smallest absolute Gasteiger partial charge is 0.414 e. The van der Waals surface area contributed by atoms with Crippen LogP contribution in [0.5, 0.6) is 11.5 Å². The molecule has 0 N–H and O–H groups in total. The minimum atomic E-state index is -0.636. The lowest BCUT2D eigenvalue weighted by Gasteiger charge is -2.21. The van der Waals surface area contributed by atoms with Crippen molar-refractivity contribution in [3.63, 3.8) is 0 Å². The highest BCUT2D eigenvalue weighted by molar-refractivity contribution is 8.26. The van der Waals surface area contributed by atoms with Crippen LogP contribution in [0.4, 0.5) is 4.79 Å². The van der Waals surface area contributed by atoms with Crippen molar-refractivity contribution in [3.8, 4) is 35.8 Å². The summed E-state index contributed by atoms with van der Waals surface area (Å²) in [4.78, 5) is 17.5. The van der Waals surface area contributed by atoms with Crippen molar-refractivity contribution < 1.29 is 14.3 Å². The summed E-state index contributed by atoms with van der Waals surface area (Å²) in [6, 6.07) is 7.54. The molecule has 1 amide bonds. The Bertz CT molecular complexity index is 1180. The van der Waals surface area contributed by atoms with Gasteiger partial charge in [-0.15, -0.1) is 0 Å². The normalized spacial score (nSPS) is 12.8. The zero-order valence-corrected chi connectivity index (χ0v) is 21.5. The highest BCUT2D eigenvalue weighted by Gasteiger charge is 2.39. The van der Waals surface area contributed by atoms with Crippen molar-refractivity contribution in [2.75, 3.05) is 28.2 Å². The molecular formula is C21H14N6O3S4. The molecule has 0 unspecified atom stereocenters. The molecule has 0 atom stereocenters. The van der Waals surface area contributed by atoms with Gasteiger partial charge in [-0.05, 0) is 6.58 Å². The number of ether oxygens (including phenoxy) is 2. The summed E-state index contributed by atoms with van der Waals surface area (Å²) in [5.41, 5.74) is -0.156. The molecule has 9 nitrogen and oxygen atoms in total. The van der Waals surface area contributed by atoms with Crippen LogP contribution in [0.15, 0.2) is 51.7 Å². The molecule has 34 heavy (non-hydrogen) atoms. The number of nitrogens with zero attached hydrogens (tertiary/aromatic N) is 6. The van der Waals surface area contributed by atoms with Crippen molar-refractivity contribution >= 4 is 53.1 Å². The molecule has 13 heteroatoms. The second kappa shape index (κ2) is 10.3. The monoisotopic (exact) mass is 526 g/mol. The van der Waals surface area contributed by atoms with Crippen molar-refractivity contribution in [1.82, 2.24) is 9.80 Å². The van der Waals surface area contributed by atoms with Crippen LogP contribution in [0.1, 0.15) is 0 Å². The Morgan fingerprint density at radius 2 is 1.06 bits per heavy atom. The summed E-state index contributed by atoms with van der Waals surface area (Å²) in [5, 5.41) is 37.5. The first-order valence-electron chi connectivity index (χ1n) is 9.14. The van der Waals surface area contributed by atoms with E-state index in [4.69, 9.17) is 9.47 Å². The van der Waals surface area contributed by atoms with E-state index in [9.17, 15) is 25.8 Å². The third-order valence-corrected chi connectivity index (χ3v) is 9.34. The molecule has 2 heterocycles. The van der Waals surface area contributed by atoms with Gasteiger partial charge in [0.25, 0.3) is 0 Å². The van der Waals surface area contributed by atoms with Crippen LogP contribution in [0.25, 0.3) is 0 Å². The Morgan fingerprint density at radius 3 is 1.35 bits per heavy atom. The average molecular weight is 527 g/mol. The summed E-state index contributed by atoms with van der Waals surface area (Å²) >= 11 is 4.54. The number of amides is 1. The predicted octanol–water partition coefficient (Wildman–Crippen LogP) is 5.07. The number of rotatable bonds is 4. The summed E-state index contributed by atoms with van der Waals surface area (Å²) in [6.07, 6.45) is -0.636. The molecule has 1 aromatic rings. The SMILES string of the molecule is C=C(Oc1c2c(c(OC(=O)N(C)C)c3c1SC(=C(C#N)C#N)S3)SC(=C(C#N)C#N)S2)N(C)C. The topological polar surface area (TPSA) is 137 Å². The molecule has 170 valence electrons. The van der Waals surface area contributed by atoms with Gasteiger partial charge in [0.2, 0.25) is 0 Å². The molecule has 0 saturated heterocycles. The maximum atomic E-state index is 12.5. The number of carbonyl (C=O) groups excluding carboxylic acids is 1. The van der Waals surface area contributed by atoms with Crippen LogP contribution < -0.4 is 9.47 Å². The molecule has 0 spiro atoms. The van der Waals surface area contributed by atoms with Gasteiger partial charge in [-0.3, -0.25) is 0 Å². The standard InChI is InChI=1S/C21H14N6O3S4/c1-10(26(2)3)29-13-15-17(33-19(31-15)11(6-22)7-23)14(30-21(28)27(4)5)18-16(13)32-20(34-18)12(8-24)9-25/h1H2,2-5H3. The van der Waals surface area contributed by atoms with Gasteiger partial charge in [-0.2, -0.15) is 21.0 Å². The van der Waals surface area contributed by atoms with E-state index in [0.717, 1.165) is 47.0 Å². The number of benzene rings is 1. The third-order valence-electron chi connectivity index (χ3n) is 4.15. The van der Waals surface area contributed by atoms with Gasteiger partial charge in [0.1, 0.15) is 35.4 Å². The second-order valence-corrected chi connectivity index (χ2v) is 11.4. The van der Waals surface area contributed by atoms with Crippen LogP contribution in [-0.4, -0.2) is 44.1 Å². The van der Waals surface area contributed by atoms with Gasteiger partial charge in [0.05, 0.1) is 28.1 Å². The summed E-state index contributed by atoms with van der Waals surface area (Å²) in [6.45, 7) is 3.91. The highest BCUT2D eigenvalue weighted by atomic mass is 32.2. The van der Waals surface area contributed by atoms with Gasteiger partial charge in [0, 0.05) is 28.2 Å². The zero-order chi connectivity index (χ0) is 25.2. The third kappa shape index (κ3) is 4.65. The maximum Gasteiger partial charge on any atom is 0.414 e. The van der Waals surface area contributed by atoms with Gasteiger partial charge in [0.15, 0.2) is 17.4 Å². The molecular weight excluding hydrogens is 513 g/mol. The number of carbonyl (C=O) groups is 1. The first-order chi connectivity index (χ1) is 16.2. The minimum absolute atomic E-state index is 0.0780. The molecule has 0 bridgehead atoms. The lowest BCUT2D eigenvalue weighted by molar-refractivity contribution is 0.168. The van der Waals surface area contributed by atoms with E-state index in [0.29, 0.717) is 39.7 Å². The number of fused-ring (bicyclic) bond motifs is 2. The van der Waals surface area contributed by atoms with E-state index in [1.54, 1.807) is 19.0 Å². The molecule has 2 aliphatic heterocycles. The quantitative estimate of drug-likeness (QED) is 0.382. The molecule has 0 aliphatic carbocycles. The first-order valence-corrected chi connectivity index (χ1v) is 12.4. The molecule has 0 radical (unpaired) electrons. The highest BCUT2D eigenvalue weighted by Crippen LogP contribution is 2.68. The first kappa shape index (κ1) is 25.3. The van der Waals surface area contributed by atoms with Gasteiger partial charge >= 0.3 is 6.09 Å². The molecule has 0 aromatic heterocycles. The van der Waals surface area contributed by atoms with Crippen LogP contribution in [0.2, 0.25) is 0 Å². The summed E-state index contributed by atoms with van der Waals surface area (Å²) in [5.74, 6) is 0.894. The zero-order valence-electron chi connectivity index (χ0n) is 18.2. The number of hydrogen-bond acceptors (Lipinski definition) is 12. The van der Waals surface area contributed by atoms with Crippen LogP contribution in [-0.2, 0) is 0 Å². The molecule has 3 rings (SSSR count). The maximum absolute atomic E-state index is 12.5. The molecule has 0 saturated carbocycles. The fourth-order valence-electron chi connectivity index (χ4n) is 2.41. The van der Waals surface area contributed by atoms with Gasteiger partial charge in [-0.25, -0.2) is 4.79 Å². The number of thioether (sulfide) groups is 4. The number of nitriles is 4. The van der Waals surface area contributed by atoms with Gasteiger partial charge in [-0.1, -0.05) is 47.0 Å². The van der Waals surface area contributed by atoms with Crippen LogP contribution in [0.3, 0.4) is 0 Å². The Balaban J connectivity index is 2.33. The van der Waals surface area contributed by atoms with Crippen molar-refractivity contribution in [2.24, 2.45) is 0 Å². The lowest BCUT2D eigenvalue weighted by atomic mass is 10.3. The Hall–Kier alpha value is -3.33. The lowest BCUT2D eigenvalue weighted by Crippen LogP contribution is -2.25. The van der Waals surface area contributed by atoms with E-state index < -0.39 is 6.09 Å². The number of allylic oxidation sites excluding steroid dienone is 2. The Kier molecular flexibility index (Phi) is 7.66. The average Bonchev–Trinajstić information content (AvgIpc) is 3.43. The van der Waals surface area contributed by atoms with E-state index in [1.807, 2.05) is 24.3 Å². The van der Waals surface area contributed by atoms with Crippen molar-refractivity contribution in [3.05, 3.63) is 32.1 Å². The Morgan fingerprint density at radius 1 is 0.706 bits per heavy atom.